The standard InChI is InChI=1S/C18H18O4/c1-12-11-13-7-8-16(18(19)21-10-9-20-2)22-17(13)15-6-4-3-5-14(12)15/h3-8,11,16H,9-10H2,1-2H3. The van der Waals surface area contributed by atoms with Gasteiger partial charge in [-0.15, -0.1) is 0 Å². The monoisotopic (exact) mass is 298 g/mol. The molecule has 4 heteroatoms. The number of carbonyl (C=O) groups excluding carboxylic acids is 1. The van der Waals surface area contributed by atoms with Crippen molar-refractivity contribution in [3.05, 3.63) is 47.5 Å². The molecule has 0 spiro atoms. The maximum atomic E-state index is 12.0. The van der Waals surface area contributed by atoms with E-state index in [4.69, 9.17) is 14.2 Å². The highest BCUT2D eigenvalue weighted by molar-refractivity contribution is 5.95. The molecule has 2 aromatic carbocycles. The Morgan fingerprint density at radius 2 is 2.00 bits per heavy atom. The first kappa shape index (κ1) is 14.6. The minimum atomic E-state index is -0.713. The molecule has 0 amide bonds. The van der Waals surface area contributed by atoms with Crippen LogP contribution in [0.2, 0.25) is 0 Å². The summed E-state index contributed by atoms with van der Waals surface area (Å²) in [5, 5.41) is 2.14. The van der Waals surface area contributed by atoms with E-state index in [9.17, 15) is 4.79 Å². The summed E-state index contributed by atoms with van der Waals surface area (Å²) in [5.41, 5.74) is 2.17. The number of benzene rings is 2. The van der Waals surface area contributed by atoms with E-state index in [1.807, 2.05) is 24.3 Å². The summed E-state index contributed by atoms with van der Waals surface area (Å²) in [7, 11) is 1.57. The Labute approximate surface area is 129 Å². The van der Waals surface area contributed by atoms with Crippen molar-refractivity contribution in [3.63, 3.8) is 0 Å². The summed E-state index contributed by atoms with van der Waals surface area (Å²) >= 11 is 0. The largest absolute Gasteiger partial charge is 0.473 e. The first-order valence-corrected chi connectivity index (χ1v) is 7.23. The average molecular weight is 298 g/mol. The van der Waals surface area contributed by atoms with E-state index < -0.39 is 12.1 Å². The fourth-order valence-corrected chi connectivity index (χ4v) is 2.60. The molecule has 0 aliphatic carbocycles. The van der Waals surface area contributed by atoms with Crippen LogP contribution in [0.4, 0.5) is 0 Å². The van der Waals surface area contributed by atoms with Crippen molar-refractivity contribution < 1.29 is 19.0 Å². The van der Waals surface area contributed by atoms with Crippen LogP contribution in [-0.2, 0) is 14.3 Å². The van der Waals surface area contributed by atoms with Gasteiger partial charge in [-0.2, -0.15) is 0 Å². The van der Waals surface area contributed by atoms with Crippen molar-refractivity contribution >= 4 is 22.8 Å². The van der Waals surface area contributed by atoms with Crippen LogP contribution in [-0.4, -0.2) is 32.4 Å². The number of esters is 1. The highest BCUT2D eigenvalue weighted by Crippen LogP contribution is 2.36. The number of methoxy groups -OCH3 is 1. The number of ether oxygens (including phenoxy) is 3. The van der Waals surface area contributed by atoms with Crippen LogP contribution >= 0.6 is 0 Å². The van der Waals surface area contributed by atoms with E-state index in [0.29, 0.717) is 6.61 Å². The molecule has 0 bridgehead atoms. The second-order valence-electron chi connectivity index (χ2n) is 5.22. The van der Waals surface area contributed by atoms with Gasteiger partial charge in [-0.1, -0.05) is 30.3 Å². The van der Waals surface area contributed by atoms with E-state index in [2.05, 4.69) is 19.1 Å². The third-order valence-corrected chi connectivity index (χ3v) is 3.69. The highest BCUT2D eigenvalue weighted by Gasteiger charge is 2.25. The fraction of sp³-hybridized carbons (Fsp3) is 0.278. The van der Waals surface area contributed by atoms with E-state index in [0.717, 1.165) is 22.1 Å². The van der Waals surface area contributed by atoms with Gasteiger partial charge in [0.25, 0.3) is 0 Å². The van der Waals surface area contributed by atoms with Crippen LogP contribution in [0.5, 0.6) is 5.75 Å². The highest BCUT2D eigenvalue weighted by atomic mass is 16.6. The lowest BCUT2D eigenvalue weighted by molar-refractivity contribution is -0.150. The van der Waals surface area contributed by atoms with Crippen molar-refractivity contribution in [1.29, 1.82) is 0 Å². The molecule has 114 valence electrons. The predicted octanol–water partition coefficient (Wildman–Crippen LogP) is 3.11. The van der Waals surface area contributed by atoms with Gasteiger partial charge >= 0.3 is 5.97 Å². The van der Waals surface area contributed by atoms with Crippen LogP contribution < -0.4 is 4.74 Å². The maximum absolute atomic E-state index is 12.0. The van der Waals surface area contributed by atoms with Gasteiger partial charge in [0.05, 0.1) is 6.61 Å². The molecule has 0 saturated heterocycles. The van der Waals surface area contributed by atoms with Gasteiger partial charge in [0.2, 0.25) is 6.10 Å². The molecule has 1 atom stereocenters. The average Bonchev–Trinajstić information content (AvgIpc) is 2.55. The van der Waals surface area contributed by atoms with Crippen LogP contribution in [0.1, 0.15) is 11.1 Å². The number of carbonyl (C=O) groups is 1. The Morgan fingerprint density at radius 1 is 1.23 bits per heavy atom. The SMILES string of the molecule is COCCOC(=O)C1C=Cc2cc(C)c3ccccc3c2O1. The third-order valence-electron chi connectivity index (χ3n) is 3.69. The first-order chi connectivity index (χ1) is 10.7. The molecule has 0 fully saturated rings. The topological polar surface area (TPSA) is 44.8 Å². The summed E-state index contributed by atoms with van der Waals surface area (Å²) < 4.78 is 15.9. The molecule has 2 aromatic rings. The van der Waals surface area contributed by atoms with Crippen LogP contribution in [0.15, 0.2) is 36.4 Å². The lowest BCUT2D eigenvalue weighted by Gasteiger charge is -2.22. The zero-order chi connectivity index (χ0) is 15.5. The molecule has 1 aliphatic heterocycles. The lowest BCUT2D eigenvalue weighted by Crippen LogP contribution is -2.30. The molecule has 22 heavy (non-hydrogen) atoms. The van der Waals surface area contributed by atoms with E-state index in [1.165, 1.54) is 5.56 Å². The summed E-state index contributed by atoms with van der Waals surface area (Å²) in [5.74, 6) is 0.334. The van der Waals surface area contributed by atoms with Crippen molar-refractivity contribution in [3.8, 4) is 5.75 Å². The van der Waals surface area contributed by atoms with Crippen molar-refractivity contribution in [2.75, 3.05) is 20.3 Å². The molecular formula is C18H18O4. The number of rotatable bonds is 4. The van der Waals surface area contributed by atoms with Crippen LogP contribution in [0, 0.1) is 6.92 Å². The Hall–Kier alpha value is -2.33. The summed E-state index contributed by atoms with van der Waals surface area (Å²) in [4.78, 5) is 12.0. The molecular weight excluding hydrogens is 280 g/mol. The van der Waals surface area contributed by atoms with Gasteiger partial charge in [-0.25, -0.2) is 4.79 Å². The molecule has 4 nitrogen and oxygen atoms in total. The fourth-order valence-electron chi connectivity index (χ4n) is 2.60. The van der Waals surface area contributed by atoms with Gasteiger partial charge in [-0.3, -0.25) is 0 Å². The van der Waals surface area contributed by atoms with Gasteiger partial charge in [0, 0.05) is 18.1 Å². The summed E-state index contributed by atoms with van der Waals surface area (Å²) in [6, 6.07) is 10.1. The number of fused-ring (bicyclic) bond motifs is 3. The number of aryl methyl sites for hydroxylation is 1. The van der Waals surface area contributed by atoms with Crippen molar-refractivity contribution in [1.82, 2.24) is 0 Å². The molecule has 0 radical (unpaired) electrons. The molecule has 0 aromatic heterocycles. The zero-order valence-electron chi connectivity index (χ0n) is 12.7. The first-order valence-electron chi connectivity index (χ1n) is 7.23. The second kappa shape index (κ2) is 6.20. The molecule has 1 unspecified atom stereocenters. The van der Waals surface area contributed by atoms with Gasteiger partial charge in [-0.05, 0) is 30.0 Å². The lowest BCUT2D eigenvalue weighted by atomic mass is 9.98. The van der Waals surface area contributed by atoms with Crippen LogP contribution in [0.25, 0.3) is 16.8 Å². The van der Waals surface area contributed by atoms with Crippen LogP contribution in [0.3, 0.4) is 0 Å². The van der Waals surface area contributed by atoms with Gasteiger partial charge in [0.15, 0.2) is 0 Å². The quantitative estimate of drug-likeness (QED) is 0.642. The van der Waals surface area contributed by atoms with Crippen molar-refractivity contribution in [2.45, 2.75) is 13.0 Å². The van der Waals surface area contributed by atoms with Gasteiger partial charge < -0.3 is 14.2 Å². The number of hydrogen-bond donors (Lipinski definition) is 0. The molecule has 1 aliphatic rings. The third kappa shape index (κ3) is 2.70. The zero-order valence-corrected chi connectivity index (χ0v) is 12.7. The molecule has 1 heterocycles. The van der Waals surface area contributed by atoms with Crippen molar-refractivity contribution in [2.24, 2.45) is 0 Å². The Balaban J connectivity index is 1.89. The minimum absolute atomic E-state index is 0.227. The van der Waals surface area contributed by atoms with Gasteiger partial charge in [0.1, 0.15) is 12.4 Å². The summed E-state index contributed by atoms with van der Waals surface area (Å²) in [6.07, 6.45) is 2.93. The molecule has 3 rings (SSSR count). The van der Waals surface area contributed by atoms with E-state index >= 15 is 0 Å². The Morgan fingerprint density at radius 3 is 2.77 bits per heavy atom. The second-order valence-corrected chi connectivity index (χ2v) is 5.22. The van der Waals surface area contributed by atoms with E-state index in [-0.39, 0.29) is 6.61 Å². The minimum Gasteiger partial charge on any atom is -0.473 e. The summed E-state index contributed by atoms with van der Waals surface area (Å²) in [6.45, 7) is 2.67. The maximum Gasteiger partial charge on any atom is 0.351 e. The van der Waals surface area contributed by atoms with E-state index in [1.54, 1.807) is 13.2 Å². The Kier molecular flexibility index (Phi) is 4.11. The Bertz CT molecular complexity index is 733. The smallest absolute Gasteiger partial charge is 0.351 e. The number of hydrogen-bond acceptors (Lipinski definition) is 4. The molecule has 0 N–H and O–H groups in total. The predicted molar refractivity (Wildman–Crippen MR) is 85.0 cm³/mol. The molecule has 0 saturated carbocycles. The normalized spacial score (nSPS) is 16.2.